The van der Waals surface area contributed by atoms with E-state index >= 15 is 0 Å². The number of carbonyl (C=O) groups is 1. The first-order valence-corrected chi connectivity index (χ1v) is 6.84. The van der Waals surface area contributed by atoms with Gasteiger partial charge in [-0.3, -0.25) is 4.79 Å². The quantitative estimate of drug-likeness (QED) is 0.421. The minimum Gasteiger partial charge on any atom is -0.618 e. The number of Topliss-reactive ketones (excluding diaryl/α,β-unsaturated/α-hetero) is 1. The van der Waals surface area contributed by atoms with E-state index < -0.39 is 0 Å². The SMILES string of the molecule is COc1nc2ccccc2[n+]([O-])c1CC(=O)c1ccccc1. The van der Waals surface area contributed by atoms with E-state index in [1.165, 1.54) is 7.11 Å². The highest BCUT2D eigenvalue weighted by Crippen LogP contribution is 2.18. The van der Waals surface area contributed by atoms with Gasteiger partial charge < -0.3 is 9.94 Å². The highest BCUT2D eigenvalue weighted by molar-refractivity contribution is 5.97. The van der Waals surface area contributed by atoms with Gasteiger partial charge in [0.15, 0.2) is 5.78 Å². The number of para-hydroxylation sites is 2. The average Bonchev–Trinajstić information content (AvgIpc) is 2.58. The van der Waals surface area contributed by atoms with Crippen LogP contribution in [-0.2, 0) is 6.42 Å². The van der Waals surface area contributed by atoms with E-state index in [1.54, 1.807) is 48.5 Å². The van der Waals surface area contributed by atoms with Crippen LogP contribution in [-0.4, -0.2) is 17.9 Å². The van der Waals surface area contributed by atoms with Crippen LogP contribution in [0, 0.1) is 5.21 Å². The molecule has 0 saturated heterocycles. The summed E-state index contributed by atoms with van der Waals surface area (Å²) in [5, 5.41) is 12.5. The van der Waals surface area contributed by atoms with Gasteiger partial charge in [-0.15, -0.1) is 0 Å². The predicted octanol–water partition coefficient (Wildman–Crippen LogP) is 2.30. The number of fused-ring (bicyclic) bond motifs is 1. The first kappa shape index (κ1) is 14.0. The molecule has 0 saturated carbocycles. The standard InChI is InChI=1S/C17H14N2O3/c1-22-17-15(11-16(20)12-7-3-2-4-8-12)19(21)14-10-6-5-9-13(14)18-17/h2-10H,11H2,1H3. The normalized spacial score (nSPS) is 10.6. The fourth-order valence-corrected chi connectivity index (χ4v) is 2.33. The first-order chi connectivity index (χ1) is 10.7. The zero-order valence-electron chi connectivity index (χ0n) is 12.0. The van der Waals surface area contributed by atoms with Crippen molar-refractivity contribution in [3.63, 3.8) is 0 Å². The lowest BCUT2D eigenvalue weighted by Crippen LogP contribution is -2.35. The van der Waals surface area contributed by atoms with Crippen molar-refractivity contribution < 1.29 is 14.3 Å². The summed E-state index contributed by atoms with van der Waals surface area (Å²) in [6.07, 6.45) is -0.0610. The maximum absolute atomic E-state index is 12.5. The maximum Gasteiger partial charge on any atom is 0.285 e. The molecule has 0 aliphatic rings. The summed E-state index contributed by atoms with van der Waals surface area (Å²) in [4.78, 5) is 16.6. The van der Waals surface area contributed by atoms with Gasteiger partial charge in [0.2, 0.25) is 5.52 Å². The van der Waals surface area contributed by atoms with Crippen LogP contribution in [0.5, 0.6) is 5.88 Å². The van der Waals surface area contributed by atoms with Crippen LogP contribution in [0.3, 0.4) is 0 Å². The Morgan fingerprint density at radius 1 is 1.14 bits per heavy atom. The Morgan fingerprint density at radius 3 is 2.55 bits per heavy atom. The molecule has 5 nitrogen and oxygen atoms in total. The van der Waals surface area contributed by atoms with Crippen LogP contribution in [0.4, 0.5) is 0 Å². The van der Waals surface area contributed by atoms with Crippen molar-refractivity contribution in [3.8, 4) is 5.88 Å². The molecule has 0 amide bonds. The average molecular weight is 294 g/mol. The molecular formula is C17H14N2O3. The number of hydrogen-bond donors (Lipinski definition) is 0. The number of benzene rings is 2. The second-order valence-corrected chi connectivity index (χ2v) is 4.82. The zero-order chi connectivity index (χ0) is 15.5. The summed E-state index contributed by atoms with van der Waals surface area (Å²) in [7, 11) is 1.44. The fourth-order valence-electron chi connectivity index (χ4n) is 2.33. The molecule has 5 heteroatoms. The number of ketones is 1. The van der Waals surface area contributed by atoms with Crippen LogP contribution in [0.1, 0.15) is 16.1 Å². The summed E-state index contributed by atoms with van der Waals surface area (Å²) < 4.78 is 5.91. The molecule has 0 aliphatic carbocycles. The smallest absolute Gasteiger partial charge is 0.285 e. The molecule has 0 unspecified atom stereocenters. The molecule has 0 radical (unpaired) electrons. The maximum atomic E-state index is 12.5. The van der Waals surface area contributed by atoms with Crippen LogP contribution < -0.4 is 9.47 Å². The van der Waals surface area contributed by atoms with E-state index in [1.807, 2.05) is 6.07 Å². The number of ether oxygens (including phenoxy) is 1. The number of nitrogens with zero attached hydrogens (tertiary/aromatic N) is 2. The van der Waals surface area contributed by atoms with Gasteiger partial charge in [-0.25, -0.2) is 4.98 Å². The highest BCUT2D eigenvalue weighted by atomic mass is 16.5. The molecule has 3 aromatic rings. The summed E-state index contributed by atoms with van der Waals surface area (Å²) in [6.45, 7) is 0. The first-order valence-electron chi connectivity index (χ1n) is 6.84. The summed E-state index contributed by atoms with van der Waals surface area (Å²) in [5.41, 5.74) is 1.72. The van der Waals surface area contributed by atoms with E-state index in [0.717, 1.165) is 4.73 Å². The molecule has 0 N–H and O–H groups in total. The predicted molar refractivity (Wildman–Crippen MR) is 81.7 cm³/mol. The molecule has 0 atom stereocenters. The second-order valence-electron chi connectivity index (χ2n) is 4.82. The second kappa shape index (κ2) is 5.81. The lowest BCUT2D eigenvalue weighted by molar-refractivity contribution is -0.586. The summed E-state index contributed by atoms with van der Waals surface area (Å²) in [5.74, 6) is 0.0264. The van der Waals surface area contributed by atoms with Crippen LogP contribution in [0.15, 0.2) is 54.6 Å². The van der Waals surface area contributed by atoms with Gasteiger partial charge in [0.25, 0.3) is 11.6 Å². The van der Waals surface area contributed by atoms with Crippen molar-refractivity contribution in [1.82, 2.24) is 4.98 Å². The van der Waals surface area contributed by atoms with E-state index in [4.69, 9.17) is 4.74 Å². The molecule has 3 rings (SSSR count). The van der Waals surface area contributed by atoms with Gasteiger partial charge in [0, 0.05) is 11.6 Å². The van der Waals surface area contributed by atoms with Crippen LogP contribution in [0.25, 0.3) is 11.0 Å². The minimum atomic E-state index is -0.152. The molecule has 0 fully saturated rings. The molecule has 110 valence electrons. The monoisotopic (exact) mass is 294 g/mol. The molecule has 0 aliphatic heterocycles. The molecule has 1 aromatic heterocycles. The van der Waals surface area contributed by atoms with Crippen molar-refractivity contribution >= 4 is 16.8 Å². The Kier molecular flexibility index (Phi) is 3.70. The van der Waals surface area contributed by atoms with Gasteiger partial charge >= 0.3 is 0 Å². The number of methoxy groups -OCH3 is 1. The number of carbonyl (C=O) groups excluding carboxylic acids is 1. The van der Waals surface area contributed by atoms with E-state index in [2.05, 4.69) is 4.98 Å². The van der Waals surface area contributed by atoms with E-state index in [-0.39, 0.29) is 23.8 Å². The van der Waals surface area contributed by atoms with Crippen LogP contribution in [0.2, 0.25) is 0 Å². The fraction of sp³-hybridized carbons (Fsp3) is 0.118. The van der Waals surface area contributed by atoms with Crippen molar-refractivity contribution in [2.75, 3.05) is 7.11 Å². The van der Waals surface area contributed by atoms with Crippen molar-refractivity contribution in [1.29, 1.82) is 0 Å². The summed E-state index contributed by atoms with van der Waals surface area (Å²) in [6, 6.07) is 15.8. The van der Waals surface area contributed by atoms with Gasteiger partial charge in [-0.2, -0.15) is 4.73 Å². The van der Waals surface area contributed by atoms with Gasteiger partial charge in [-0.1, -0.05) is 42.5 Å². The molecule has 0 spiro atoms. The van der Waals surface area contributed by atoms with Crippen molar-refractivity contribution in [2.45, 2.75) is 6.42 Å². The van der Waals surface area contributed by atoms with E-state index in [9.17, 15) is 10.0 Å². The number of rotatable bonds is 4. The molecule has 1 heterocycles. The van der Waals surface area contributed by atoms with Crippen molar-refractivity contribution in [2.24, 2.45) is 0 Å². The highest BCUT2D eigenvalue weighted by Gasteiger charge is 2.23. The molecule has 0 bridgehead atoms. The Morgan fingerprint density at radius 2 is 1.82 bits per heavy atom. The lowest BCUT2D eigenvalue weighted by atomic mass is 10.1. The third-order valence-electron chi connectivity index (χ3n) is 3.43. The van der Waals surface area contributed by atoms with Gasteiger partial charge in [-0.05, 0) is 6.07 Å². The Bertz CT molecular complexity index is 832. The third-order valence-corrected chi connectivity index (χ3v) is 3.43. The van der Waals surface area contributed by atoms with E-state index in [0.29, 0.717) is 16.6 Å². The third kappa shape index (κ3) is 2.48. The van der Waals surface area contributed by atoms with Gasteiger partial charge in [0.05, 0.1) is 7.11 Å². The molecule has 22 heavy (non-hydrogen) atoms. The Hall–Kier alpha value is -2.95. The number of aromatic nitrogens is 2. The number of hydrogen-bond acceptors (Lipinski definition) is 4. The molecular weight excluding hydrogens is 280 g/mol. The Balaban J connectivity index is 2.06. The van der Waals surface area contributed by atoms with Gasteiger partial charge in [0.1, 0.15) is 11.9 Å². The Labute approximate surface area is 127 Å². The molecule has 2 aromatic carbocycles. The lowest BCUT2D eigenvalue weighted by Gasteiger charge is -2.10. The summed E-state index contributed by atoms with van der Waals surface area (Å²) >= 11 is 0. The topological polar surface area (TPSA) is 66.1 Å². The van der Waals surface area contributed by atoms with Crippen molar-refractivity contribution in [3.05, 3.63) is 71.1 Å². The van der Waals surface area contributed by atoms with Crippen LogP contribution >= 0.6 is 0 Å². The zero-order valence-corrected chi connectivity index (χ0v) is 12.0. The largest absolute Gasteiger partial charge is 0.618 e. The minimum absolute atomic E-state index is 0.0610.